The summed E-state index contributed by atoms with van der Waals surface area (Å²) in [6.07, 6.45) is 0. The van der Waals surface area contributed by atoms with Crippen LogP contribution in [0.25, 0.3) is 0 Å². The molecule has 0 aliphatic heterocycles. The van der Waals surface area contributed by atoms with Crippen molar-refractivity contribution in [1.29, 1.82) is 0 Å². The molecule has 0 bridgehead atoms. The normalized spacial score (nSPS) is 11.8. The van der Waals surface area contributed by atoms with E-state index in [-0.39, 0.29) is 0 Å². The van der Waals surface area contributed by atoms with E-state index in [2.05, 4.69) is 10.0 Å². The highest BCUT2D eigenvalue weighted by atomic mass is 32.2. The minimum Gasteiger partial charge on any atom is -0.318 e. The maximum absolute atomic E-state index is 12.3. The highest BCUT2D eigenvalue weighted by molar-refractivity contribution is 7.89. The highest BCUT2D eigenvalue weighted by Gasteiger charge is 2.21. The first-order chi connectivity index (χ1) is 8.31. The van der Waals surface area contributed by atoms with Crippen molar-refractivity contribution in [1.82, 2.24) is 10.0 Å². The van der Waals surface area contributed by atoms with E-state index in [1.807, 2.05) is 33.8 Å². The van der Waals surface area contributed by atoms with Crippen LogP contribution in [0.15, 0.2) is 11.0 Å². The Hall–Kier alpha value is -0.910. The fourth-order valence-corrected chi connectivity index (χ4v) is 3.61. The van der Waals surface area contributed by atoms with Gasteiger partial charge < -0.3 is 5.32 Å². The average molecular weight is 270 g/mol. The number of sulfonamides is 1. The second-order valence-electron chi connectivity index (χ2n) is 4.59. The van der Waals surface area contributed by atoms with Gasteiger partial charge in [-0.25, -0.2) is 13.1 Å². The molecule has 2 N–H and O–H groups in total. The van der Waals surface area contributed by atoms with Gasteiger partial charge in [0.2, 0.25) is 10.0 Å². The van der Waals surface area contributed by atoms with Crippen molar-refractivity contribution in [2.24, 2.45) is 0 Å². The summed E-state index contributed by atoms with van der Waals surface area (Å²) in [6, 6.07) is 2.03. The molecule has 0 amide bonds. The molecular formula is C13H22N2O2S. The van der Waals surface area contributed by atoms with Crippen molar-refractivity contribution < 1.29 is 8.42 Å². The first-order valence-electron chi connectivity index (χ1n) is 6.03. The maximum atomic E-state index is 12.3. The molecule has 0 saturated heterocycles. The van der Waals surface area contributed by atoms with Crippen molar-refractivity contribution in [3.05, 3.63) is 28.3 Å². The third kappa shape index (κ3) is 3.10. The third-order valence-electron chi connectivity index (χ3n) is 3.23. The lowest BCUT2D eigenvalue weighted by molar-refractivity contribution is 0.578. The molecule has 0 unspecified atom stereocenters. The van der Waals surface area contributed by atoms with Gasteiger partial charge in [-0.15, -0.1) is 0 Å². The van der Waals surface area contributed by atoms with Gasteiger partial charge in [0, 0.05) is 13.1 Å². The van der Waals surface area contributed by atoms with Crippen molar-refractivity contribution in [3.8, 4) is 0 Å². The number of likely N-dealkylation sites (N-methyl/N-ethyl adjacent to an activating group) is 1. The van der Waals surface area contributed by atoms with Gasteiger partial charge in [0.1, 0.15) is 0 Å². The Kier molecular flexibility index (Phi) is 4.90. The first-order valence-corrected chi connectivity index (χ1v) is 7.51. The Morgan fingerprint density at radius 3 is 1.94 bits per heavy atom. The Bertz CT molecular complexity index is 510. The summed E-state index contributed by atoms with van der Waals surface area (Å²) in [5.74, 6) is 0. The Morgan fingerprint density at radius 2 is 1.50 bits per heavy atom. The topological polar surface area (TPSA) is 58.2 Å². The van der Waals surface area contributed by atoms with Crippen LogP contribution < -0.4 is 10.0 Å². The lowest BCUT2D eigenvalue weighted by Gasteiger charge is -2.16. The van der Waals surface area contributed by atoms with E-state index in [4.69, 9.17) is 0 Å². The van der Waals surface area contributed by atoms with E-state index in [1.54, 1.807) is 7.05 Å². The first kappa shape index (κ1) is 15.1. The summed E-state index contributed by atoms with van der Waals surface area (Å²) in [4.78, 5) is 0.427. The maximum Gasteiger partial charge on any atom is 0.241 e. The zero-order valence-corrected chi connectivity index (χ0v) is 12.5. The highest BCUT2D eigenvalue weighted by Crippen LogP contribution is 2.25. The zero-order valence-electron chi connectivity index (χ0n) is 11.7. The number of benzene rings is 1. The van der Waals surface area contributed by atoms with Gasteiger partial charge in [0.05, 0.1) is 4.90 Å². The molecule has 0 radical (unpaired) electrons. The molecule has 0 fully saturated rings. The van der Waals surface area contributed by atoms with E-state index < -0.39 is 10.0 Å². The lowest BCUT2D eigenvalue weighted by atomic mass is 10.0. The average Bonchev–Trinajstić information content (AvgIpc) is 2.26. The summed E-state index contributed by atoms with van der Waals surface area (Å²) in [7, 11) is -1.64. The van der Waals surface area contributed by atoms with Crippen LogP contribution in [0.5, 0.6) is 0 Å². The quantitative estimate of drug-likeness (QED) is 0.796. The predicted molar refractivity (Wildman–Crippen MR) is 74.5 cm³/mol. The SMILES string of the molecule is CNCCNS(=O)(=O)c1c(C)c(C)cc(C)c1C. The number of hydrogen-bond acceptors (Lipinski definition) is 3. The fourth-order valence-electron chi connectivity index (χ4n) is 1.97. The van der Waals surface area contributed by atoms with E-state index in [9.17, 15) is 8.42 Å². The number of hydrogen-bond donors (Lipinski definition) is 2. The van der Waals surface area contributed by atoms with Gasteiger partial charge in [0.15, 0.2) is 0 Å². The van der Waals surface area contributed by atoms with Crippen LogP contribution in [0.2, 0.25) is 0 Å². The largest absolute Gasteiger partial charge is 0.318 e. The van der Waals surface area contributed by atoms with Crippen molar-refractivity contribution in [2.45, 2.75) is 32.6 Å². The molecular weight excluding hydrogens is 248 g/mol. The summed E-state index contributed by atoms with van der Waals surface area (Å²) < 4.78 is 27.3. The van der Waals surface area contributed by atoms with Crippen LogP contribution in [0.1, 0.15) is 22.3 Å². The molecule has 0 atom stereocenters. The minimum absolute atomic E-state index is 0.394. The monoisotopic (exact) mass is 270 g/mol. The Morgan fingerprint density at radius 1 is 1.00 bits per heavy atom. The van der Waals surface area contributed by atoms with Gasteiger partial charge in [-0.05, 0) is 57.0 Å². The second kappa shape index (κ2) is 5.82. The van der Waals surface area contributed by atoms with Gasteiger partial charge in [-0.2, -0.15) is 0 Å². The minimum atomic E-state index is -3.43. The summed E-state index contributed by atoms with van der Waals surface area (Å²) in [5.41, 5.74) is 3.67. The molecule has 18 heavy (non-hydrogen) atoms. The van der Waals surface area contributed by atoms with Gasteiger partial charge in [-0.1, -0.05) is 6.07 Å². The molecule has 0 aliphatic rings. The molecule has 0 saturated carbocycles. The van der Waals surface area contributed by atoms with E-state index >= 15 is 0 Å². The van der Waals surface area contributed by atoms with Crippen LogP contribution in [-0.4, -0.2) is 28.6 Å². The van der Waals surface area contributed by atoms with E-state index in [0.717, 1.165) is 22.3 Å². The van der Waals surface area contributed by atoms with Crippen molar-refractivity contribution >= 4 is 10.0 Å². The lowest BCUT2D eigenvalue weighted by Crippen LogP contribution is -2.31. The molecule has 0 aromatic heterocycles. The van der Waals surface area contributed by atoms with E-state index in [0.29, 0.717) is 18.0 Å². The third-order valence-corrected chi connectivity index (χ3v) is 4.97. The molecule has 0 heterocycles. The molecule has 0 aliphatic carbocycles. The zero-order chi connectivity index (χ0) is 13.9. The van der Waals surface area contributed by atoms with Crippen LogP contribution >= 0.6 is 0 Å². The van der Waals surface area contributed by atoms with Gasteiger partial charge in [-0.3, -0.25) is 0 Å². The fraction of sp³-hybridized carbons (Fsp3) is 0.538. The second-order valence-corrected chi connectivity index (χ2v) is 6.29. The van der Waals surface area contributed by atoms with Crippen molar-refractivity contribution in [3.63, 3.8) is 0 Å². The standard InChI is InChI=1S/C13H22N2O2S/c1-9-8-10(2)12(4)13(11(9)3)18(16,17)15-7-6-14-5/h8,14-15H,6-7H2,1-5H3. The Labute approximate surface area is 110 Å². The summed E-state index contributed by atoms with van der Waals surface area (Å²) >= 11 is 0. The number of rotatable bonds is 5. The van der Waals surface area contributed by atoms with Crippen LogP contribution in [0.4, 0.5) is 0 Å². The smallest absolute Gasteiger partial charge is 0.241 e. The van der Waals surface area contributed by atoms with Crippen molar-refractivity contribution in [2.75, 3.05) is 20.1 Å². The molecule has 102 valence electrons. The molecule has 1 aromatic rings. The molecule has 0 spiro atoms. The van der Waals surface area contributed by atoms with Crippen LogP contribution in [0, 0.1) is 27.7 Å². The molecule has 4 nitrogen and oxygen atoms in total. The predicted octanol–water partition coefficient (Wildman–Crippen LogP) is 1.42. The summed E-state index contributed by atoms with van der Waals surface area (Å²) in [5, 5.41) is 2.92. The Balaban J connectivity index is 3.24. The van der Waals surface area contributed by atoms with Crippen LogP contribution in [-0.2, 0) is 10.0 Å². The number of aryl methyl sites for hydroxylation is 2. The molecule has 5 heteroatoms. The molecule has 1 aromatic carbocycles. The molecule has 1 rings (SSSR count). The van der Waals surface area contributed by atoms with E-state index in [1.165, 1.54) is 0 Å². The van der Waals surface area contributed by atoms with Crippen LogP contribution in [0.3, 0.4) is 0 Å². The van der Waals surface area contributed by atoms with Gasteiger partial charge in [0.25, 0.3) is 0 Å². The number of nitrogens with one attached hydrogen (secondary N) is 2. The van der Waals surface area contributed by atoms with Gasteiger partial charge >= 0.3 is 0 Å². The summed E-state index contributed by atoms with van der Waals surface area (Å²) in [6.45, 7) is 8.60.